The molecule has 0 aliphatic carbocycles. The third kappa shape index (κ3) is 3.91. The van der Waals surface area contributed by atoms with E-state index in [4.69, 9.17) is 0 Å². The highest BCUT2D eigenvalue weighted by molar-refractivity contribution is 5.79. The summed E-state index contributed by atoms with van der Waals surface area (Å²) in [6, 6.07) is 4.49. The fourth-order valence-corrected chi connectivity index (χ4v) is 3.13. The summed E-state index contributed by atoms with van der Waals surface area (Å²) >= 11 is 0. The van der Waals surface area contributed by atoms with Crippen molar-refractivity contribution in [1.29, 1.82) is 0 Å². The molecule has 0 aromatic heterocycles. The zero-order valence-electron chi connectivity index (χ0n) is 14.2. The van der Waals surface area contributed by atoms with Gasteiger partial charge in [-0.3, -0.25) is 4.79 Å². The smallest absolute Gasteiger partial charge is 0.391 e. The Kier molecular flexibility index (Phi) is 5.58. The number of hydrogen-bond acceptors (Lipinski definition) is 2. The lowest BCUT2D eigenvalue weighted by Gasteiger charge is -2.29. The van der Waals surface area contributed by atoms with Crippen molar-refractivity contribution in [3.05, 3.63) is 35.4 Å². The monoisotopic (exact) mass is 343 g/mol. The van der Waals surface area contributed by atoms with Crippen LogP contribution >= 0.6 is 0 Å². The summed E-state index contributed by atoms with van der Waals surface area (Å²) < 4.78 is 38.1. The van der Waals surface area contributed by atoms with Gasteiger partial charge in [0.05, 0.1) is 17.7 Å². The van der Waals surface area contributed by atoms with Crippen molar-refractivity contribution in [2.24, 2.45) is 11.8 Å². The Morgan fingerprint density at radius 1 is 1.29 bits per heavy atom. The van der Waals surface area contributed by atoms with Crippen LogP contribution < -0.4 is 0 Å². The third-order valence-electron chi connectivity index (χ3n) is 5.07. The van der Waals surface area contributed by atoms with Crippen molar-refractivity contribution < 1.29 is 23.1 Å². The van der Waals surface area contributed by atoms with Crippen LogP contribution in [0.4, 0.5) is 13.2 Å². The number of β-amino-alcohol motifs (C(OH)–C–C–N with tert-alkyl or cyclic N) is 1. The zero-order valence-corrected chi connectivity index (χ0v) is 14.2. The molecule has 1 aliphatic heterocycles. The Bertz CT molecular complexity index is 571. The van der Waals surface area contributed by atoms with Gasteiger partial charge in [-0.25, -0.2) is 0 Å². The fourth-order valence-electron chi connectivity index (χ4n) is 3.13. The Hall–Kier alpha value is -1.56. The molecule has 0 bridgehead atoms. The quantitative estimate of drug-likeness (QED) is 0.897. The number of amides is 1. The van der Waals surface area contributed by atoms with E-state index >= 15 is 0 Å². The minimum Gasteiger partial charge on any atom is -0.391 e. The van der Waals surface area contributed by atoms with Gasteiger partial charge in [0.25, 0.3) is 0 Å². The van der Waals surface area contributed by atoms with Gasteiger partial charge in [-0.05, 0) is 30.0 Å². The molecule has 0 spiro atoms. The van der Waals surface area contributed by atoms with Crippen LogP contribution in [0.2, 0.25) is 0 Å². The van der Waals surface area contributed by atoms with Gasteiger partial charge in [0.2, 0.25) is 5.91 Å². The molecule has 1 saturated heterocycles. The molecule has 1 heterocycles. The third-order valence-corrected chi connectivity index (χ3v) is 5.07. The highest BCUT2D eigenvalue weighted by Crippen LogP contribution is 2.36. The summed E-state index contributed by atoms with van der Waals surface area (Å²) in [5, 5.41) is 9.97. The summed E-state index contributed by atoms with van der Waals surface area (Å²) in [5.41, 5.74) is -0.0834. The summed E-state index contributed by atoms with van der Waals surface area (Å²) in [4.78, 5) is 14.4. The van der Waals surface area contributed by atoms with E-state index < -0.39 is 17.8 Å². The standard InChI is InChI=1S/C18H24F3NO2/c1-4-11(2)12(3)17(24)22-10-15(23)9-16(22)13-5-7-14(8-6-13)18(19,20)21/h5-8,11-12,15-16,23H,4,9-10H2,1-3H3. The van der Waals surface area contributed by atoms with Crippen molar-refractivity contribution in [1.82, 2.24) is 4.90 Å². The predicted molar refractivity (Wildman–Crippen MR) is 85.1 cm³/mol. The molecule has 1 N–H and O–H groups in total. The number of benzene rings is 1. The SMILES string of the molecule is CCC(C)C(C)C(=O)N1CC(O)CC1c1ccc(C(F)(F)F)cc1. The van der Waals surface area contributed by atoms with Crippen LogP contribution in [0.1, 0.15) is 50.8 Å². The topological polar surface area (TPSA) is 40.5 Å². The Morgan fingerprint density at radius 2 is 1.88 bits per heavy atom. The van der Waals surface area contributed by atoms with Gasteiger partial charge in [0, 0.05) is 12.5 Å². The number of carbonyl (C=O) groups is 1. The molecular weight excluding hydrogens is 319 g/mol. The molecule has 4 atom stereocenters. The first kappa shape index (κ1) is 18.8. The van der Waals surface area contributed by atoms with Crippen LogP contribution in [0.15, 0.2) is 24.3 Å². The Labute approximate surface area is 140 Å². The van der Waals surface area contributed by atoms with Gasteiger partial charge in [-0.2, -0.15) is 13.2 Å². The molecule has 4 unspecified atom stereocenters. The number of halogens is 3. The van der Waals surface area contributed by atoms with Crippen LogP contribution in [0, 0.1) is 11.8 Å². The Balaban J connectivity index is 2.22. The van der Waals surface area contributed by atoms with Gasteiger partial charge in [0.15, 0.2) is 0 Å². The number of carbonyl (C=O) groups excluding carboxylic acids is 1. The highest BCUT2D eigenvalue weighted by Gasteiger charge is 2.38. The zero-order chi connectivity index (χ0) is 18.1. The first-order chi connectivity index (χ1) is 11.1. The van der Waals surface area contributed by atoms with Gasteiger partial charge in [-0.1, -0.05) is 39.3 Å². The molecular formula is C18H24F3NO2. The molecule has 1 aromatic carbocycles. The molecule has 0 saturated carbocycles. The molecule has 6 heteroatoms. The maximum Gasteiger partial charge on any atom is 0.416 e. The summed E-state index contributed by atoms with van der Waals surface area (Å²) in [6.45, 7) is 6.11. The average Bonchev–Trinajstić information content (AvgIpc) is 2.93. The average molecular weight is 343 g/mol. The first-order valence-electron chi connectivity index (χ1n) is 8.30. The van der Waals surface area contributed by atoms with Crippen LogP contribution in [0.25, 0.3) is 0 Å². The number of alkyl halides is 3. The lowest BCUT2D eigenvalue weighted by atomic mass is 9.91. The van der Waals surface area contributed by atoms with Crippen molar-refractivity contribution in [2.75, 3.05) is 6.54 Å². The van der Waals surface area contributed by atoms with E-state index in [1.807, 2.05) is 20.8 Å². The fraction of sp³-hybridized carbons (Fsp3) is 0.611. The van der Waals surface area contributed by atoms with Crippen LogP contribution in [0.3, 0.4) is 0 Å². The number of likely N-dealkylation sites (tertiary alicyclic amines) is 1. The van der Waals surface area contributed by atoms with Crippen LogP contribution in [-0.4, -0.2) is 28.6 Å². The molecule has 134 valence electrons. The normalized spacial score (nSPS) is 24.0. The van der Waals surface area contributed by atoms with Crippen LogP contribution in [0.5, 0.6) is 0 Å². The summed E-state index contributed by atoms with van der Waals surface area (Å²) in [6.07, 6.45) is -3.81. The molecule has 3 nitrogen and oxygen atoms in total. The highest BCUT2D eigenvalue weighted by atomic mass is 19.4. The van der Waals surface area contributed by atoms with Crippen molar-refractivity contribution in [2.45, 2.75) is 51.9 Å². The summed E-state index contributed by atoms with van der Waals surface area (Å²) in [5.74, 6) is -0.0217. The summed E-state index contributed by atoms with van der Waals surface area (Å²) in [7, 11) is 0. The van der Waals surface area contributed by atoms with Gasteiger partial charge < -0.3 is 10.0 Å². The number of nitrogens with zero attached hydrogens (tertiary/aromatic N) is 1. The predicted octanol–water partition coefficient (Wildman–Crippen LogP) is 4.02. The molecule has 1 aromatic rings. The minimum absolute atomic E-state index is 0.0502. The van der Waals surface area contributed by atoms with Crippen LogP contribution in [-0.2, 0) is 11.0 Å². The molecule has 2 rings (SSSR count). The molecule has 24 heavy (non-hydrogen) atoms. The van der Waals surface area contributed by atoms with E-state index in [-0.39, 0.29) is 30.3 Å². The lowest BCUT2D eigenvalue weighted by Crippen LogP contribution is -2.37. The molecule has 1 aliphatic rings. The molecule has 1 fully saturated rings. The largest absolute Gasteiger partial charge is 0.416 e. The van der Waals surface area contributed by atoms with E-state index in [0.29, 0.717) is 12.0 Å². The van der Waals surface area contributed by atoms with E-state index in [9.17, 15) is 23.1 Å². The Morgan fingerprint density at radius 3 is 2.38 bits per heavy atom. The van der Waals surface area contributed by atoms with E-state index in [1.165, 1.54) is 12.1 Å². The second-order valence-corrected chi connectivity index (χ2v) is 6.69. The second kappa shape index (κ2) is 7.13. The lowest BCUT2D eigenvalue weighted by molar-refractivity contribution is -0.138. The molecule has 1 amide bonds. The van der Waals surface area contributed by atoms with E-state index in [1.54, 1.807) is 4.90 Å². The van der Waals surface area contributed by atoms with Crippen molar-refractivity contribution in [3.63, 3.8) is 0 Å². The number of rotatable bonds is 4. The van der Waals surface area contributed by atoms with E-state index in [0.717, 1.165) is 18.6 Å². The van der Waals surface area contributed by atoms with Gasteiger partial charge in [-0.15, -0.1) is 0 Å². The second-order valence-electron chi connectivity index (χ2n) is 6.69. The van der Waals surface area contributed by atoms with Gasteiger partial charge >= 0.3 is 6.18 Å². The van der Waals surface area contributed by atoms with Crippen molar-refractivity contribution >= 4 is 5.91 Å². The number of aliphatic hydroxyl groups excluding tert-OH is 1. The first-order valence-corrected chi connectivity index (χ1v) is 8.30. The minimum atomic E-state index is -4.38. The van der Waals surface area contributed by atoms with E-state index in [2.05, 4.69) is 0 Å². The maximum absolute atomic E-state index is 12.7. The van der Waals surface area contributed by atoms with Crippen molar-refractivity contribution in [3.8, 4) is 0 Å². The number of hydrogen-bond donors (Lipinski definition) is 1. The molecule has 0 radical (unpaired) electrons. The van der Waals surface area contributed by atoms with Gasteiger partial charge in [0.1, 0.15) is 0 Å². The number of aliphatic hydroxyl groups is 1. The maximum atomic E-state index is 12.7.